The van der Waals surface area contributed by atoms with Gasteiger partial charge in [0.15, 0.2) is 5.13 Å². The van der Waals surface area contributed by atoms with Crippen molar-refractivity contribution >= 4 is 57.1 Å². The normalized spacial score (nSPS) is 11.3. The average Bonchev–Trinajstić information content (AvgIpc) is 3.19. The van der Waals surface area contributed by atoms with E-state index >= 15 is 0 Å². The standard InChI is InChI=1S/C22H19N7O6S/c1-12-3-9-16(18(11-12)29(34)35)25-22-24-13(2)19(36-22)17(26-27-21(31)20(23)30)10-6-14-4-7-15(8-5-14)28(32)33/h3-11H,1-2H3,(H2,23,30)(H,24,25)(H,27,31)/b10-6+,26-17-. The number of nitro groups is 2. The Morgan fingerprint density at radius 3 is 2.39 bits per heavy atom. The molecule has 1 aromatic heterocycles. The molecule has 2 amide bonds. The number of allylic oxidation sites excluding steroid dienone is 1. The molecule has 0 aliphatic heterocycles. The van der Waals surface area contributed by atoms with Crippen molar-refractivity contribution in [3.63, 3.8) is 0 Å². The minimum absolute atomic E-state index is 0.0750. The summed E-state index contributed by atoms with van der Waals surface area (Å²) in [6, 6.07) is 10.4. The second kappa shape index (κ2) is 11.0. The van der Waals surface area contributed by atoms with Gasteiger partial charge in [0.25, 0.3) is 11.4 Å². The van der Waals surface area contributed by atoms with Crippen molar-refractivity contribution in [1.82, 2.24) is 10.4 Å². The van der Waals surface area contributed by atoms with Gasteiger partial charge in [-0.15, -0.1) is 0 Å². The molecule has 0 bridgehead atoms. The summed E-state index contributed by atoms with van der Waals surface area (Å²) in [6.07, 6.45) is 3.11. The Hall–Kier alpha value is -4.98. The third kappa shape index (κ3) is 6.32. The predicted molar refractivity (Wildman–Crippen MR) is 134 cm³/mol. The van der Waals surface area contributed by atoms with Gasteiger partial charge in [-0.1, -0.05) is 23.5 Å². The van der Waals surface area contributed by atoms with Crippen LogP contribution in [-0.2, 0) is 9.59 Å². The third-order valence-corrected chi connectivity index (χ3v) is 5.76. The van der Waals surface area contributed by atoms with Crippen LogP contribution in [-0.4, -0.2) is 32.4 Å². The molecule has 0 atom stereocenters. The highest BCUT2D eigenvalue weighted by molar-refractivity contribution is 7.18. The number of rotatable bonds is 8. The molecular formula is C22H19N7O6S. The molecule has 0 aliphatic carbocycles. The predicted octanol–water partition coefficient (Wildman–Crippen LogP) is 3.34. The number of nitrogens with zero attached hydrogens (tertiary/aromatic N) is 4. The summed E-state index contributed by atoms with van der Waals surface area (Å²) in [4.78, 5) is 48.9. The van der Waals surface area contributed by atoms with E-state index in [1.54, 1.807) is 32.1 Å². The lowest BCUT2D eigenvalue weighted by Crippen LogP contribution is -2.33. The topological polar surface area (TPSA) is 196 Å². The van der Waals surface area contributed by atoms with Gasteiger partial charge in [0.05, 0.1) is 20.4 Å². The number of thiazole rings is 1. The van der Waals surface area contributed by atoms with Crippen molar-refractivity contribution < 1.29 is 19.4 Å². The van der Waals surface area contributed by atoms with Crippen LogP contribution in [0.2, 0.25) is 0 Å². The van der Waals surface area contributed by atoms with E-state index in [1.807, 2.05) is 0 Å². The number of nitrogens with two attached hydrogens (primary N) is 1. The van der Waals surface area contributed by atoms with Gasteiger partial charge in [0, 0.05) is 18.2 Å². The van der Waals surface area contributed by atoms with Crippen molar-refractivity contribution in [2.45, 2.75) is 13.8 Å². The lowest BCUT2D eigenvalue weighted by molar-refractivity contribution is -0.384. The summed E-state index contributed by atoms with van der Waals surface area (Å²) in [5, 5.41) is 29.5. The highest BCUT2D eigenvalue weighted by atomic mass is 32.1. The number of amides is 2. The van der Waals surface area contributed by atoms with Crippen molar-refractivity contribution in [2.75, 3.05) is 5.32 Å². The first kappa shape index (κ1) is 25.6. The molecule has 184 valence electrons. The van der Waals surface area contributed by atoms with Gasteiger partial charge in [-0.25, -0.2) is 10.4 Å². The van der Waals surface area contributed by atoms with Crippen molar-refractivity contribution in [2.24, 2.45) is 10.8 Å². The van der Waals surface area contributed by atoms with Gasteiger partial charge < -0.3 is 11.1 Å². The van der Waals surface area contributed by atoms with Crippen LogP contribution in [0.25, 0.3) is 6.08 Å². The molecule has 0 saturated heterocycles. The lowest BCUT2D eigenvalue weighted by Gasteiger charge is -2.04. The number of anilines is 2. The molecular weight excluding hydrogens is 490 g/mol. The highest BCUT2D eigenvalue weighted by Gasteiger charge is 2.18. The number of aromatic nitrogens is 1. The molecule has 3 rings (SSSR count). The minimum atomic E-state index is -1.23. The van der Waals surface area contributed by atoms with Gasteiger partial charge in [-0.3, -0.25) is 29.8 Å². The number of primary amides is 1. The fourth-order valence-corrected chi connectivity index (χ4v) is 3.86. The fourth-order valence-electron chi connectivity index (χ4n) is 2.91. The van der Waals surface area contributed by atoms with E-state index in [2.05, 4.69) is 20.8 Å². The van der Waals surface area contributed by atoms with Crippen LogP contribution in [0, 0.1) is 34.1 Å². The van der Waals surface area contributed by atoms with Crippen LogP contribution >= 0.6 is 11.3 Å². The first-order chi connectivity index (χ1) is 17.0. The summed E-state index contributed by atoms with van der Waals surface area (Å²) in [5.74, 6) is -2.36. The molecule has 4 N–H and O–H groups in total. The Morgan fingerprint density at radius 2 is 1.78 bits per heavy atom. The fraction of sp³-hybridized carbons (Fsp3) is 0.0909. The zero-order valence-corrected chi connectivity index (χ0v) is 19.7. The number of hydrazone groups is 1. The summed E-state index contributed by atoms with van der Waals surface area (Å²) in [5.41, 5.74) is 9.08. The molecule has 1 heterocycles. The monoisotopic (exact) mass is 509 g/mol. The Bertz CT molecular complexity index is 1410. The van der Waals surface area contributed by atoms with Gasteiger partial charge in [-0.05, 0) is 49.2 Å². The van der Waals surface area contributed by atoms with E-state index in [9.17, 15) is 29.8 Å². The van der Waals surface area contributed by atoms with Crippen LogP contribution in [0.1, 0.15) is 21.7 Å². The maximum absolute atomic E-state index is 11.6. The lowest BCUT2D eigenvalue weighted by atomic mass is 10.1. The van der Waals surface area contributed by atoms with Crippen LogP contribution in [0.3, 0.4) is 0 Å². The van der Waals surface area contributed by atoms with Gasteiger partial charge >= 0.3 is 11.8 Å². The number of hydrogen-bond donors (Lipinski definition) is 3. The molecule has 0 fully saturated rings. The molecule has 0 aliphatic rings. The molecule has 0 radical (unpaired) electrons. The van der Waals surface area contributed by atoms with Crippen LogP contribution in [0.5, 0.6) is 0 Å². The highest BCUT2D eigenvalue weighted by Crippen LogP contribution is 2.32. The van der Waals surface area contributed by atoms with Gasteiger partial charge in [0.1, 0.15) is 11.4 Å². The Labute approximate surface area is 207 Å². The third-order valence-electron chi connectivity index (χ3n) is 4.66. The molecule has 13 nitrogen and oxygen atoms in total. The number of aryl methyl sites for hydroxylation is 2. The molecule has 2 aromatic carbocycles. The second-order valence-electron chi connectivity index (χ2n) is 7.32. The number of benzene rings is 2. The summed E-state index contributed by atoms with van der Waals surface area (Å²) in [6.45, 7) is 3.41. The molecule has 14 heteroatoms. The van der Waals surface area contributed by atoms with Gasteiger partial charge in [0.2, 0.25) is 0 Å². The van der Waals surface area contributed by atoms with Gasteiger partial charge in [-0.2, -0.15) is 5.10 Å². The zero-order chi connectivity index (χ0) is 26.4. The quantitative estimate of drug-likeness (QED) is 0.178. The van der Waals surface area contributed by atoms with E-state index in [0.717, 1.165) is 16.9 Å². The zero-order valence-electron chi connectivity index (χ0n) is 18.9. The molecule has 36 heavy (non-hydrogen) atoms. The largest absolute Gasteiger partial charge is 0.361 e. The van der Waals surface area contributed by atoms with E-state index in [-0.39, 0.29) is 22.8 Å². The Balaban J connectivity index is 1.95. The van der Waals surface area contributed by atoms with E-state index < -0.39 is 21.7 Å². The minimum Gasteiger partial charge on any atom is -0.361 e. The second-order valence-corrected chi connectivity index (χ2v) is 8.32. The number of non-ortho nitro benzene ring substituents is 1. The SMILES string of the molecule is Cc1ccc(Nc2nc(C)c(C(/C=C/c3ccc([N+](=O)[O-])cc3)=N\NC(=O)C(N)=O)s2)c([N+](=O)[O-])c1. The smallest absolute Gasteiger partial charge is 0.329 e. The molecule has 0 unspecified atom stereocenters. The summed E-state index contributed by atoms with van der Waals surface area (Å²) in [7, 11) is 0. The molecule has 0 saturated carbocycles. The summed E-state index contributed by atoms with van der Waals surface area (Å²) >= 11 is 1.10. The Kier molecular flexibility index (Phi) is 7.81. The number of carbonyl (C=O) groups excluding carboxylic acids is 2. The number of nitrogens with one attached hydrogen (secondary N) is 2. The number of nitro benzene ring substituents is 2. The van der Waals surface area contributed by atoms with E-state index in [1.165, 1.54) is 36.4 Å². The molecule has 3 aromatic rings. The first-order valence-electron chi connectivity index (χ1n) is 10.1. The van der Waals surface area contributed by atoms with Crippen molar-refractivity contribution in [3.05, 3.63) is 90.5 Å². The maximum Gasteiger partial charge on any atom is 0.329 e. The van der Waals surface area contributed by atoms with Crippen molar-refractivity contribution in [3.8, 4) is 0 Å². The van der Waals surface area contributed by atoms with Crippen molar-refractivity contribution in [1.29, 1.82) is 0 Å². The van der Waals surface area contributed by atoms with E-state index in [4.69, 9.17) is 5.73 Å². The van der Waals surface area contributed by atoms with E-state index in [0.29, 0.717) is 21.3 Å². The van der Waals surface area contributed by atoms with Crippen LogP contribution < -0.4 is 16.5 Å². The van der Waals surface area contributed by atoms with Crippen LogP contribution in [0.15, 0.2) is 53.6 Å². The number of carbonyl (C=O) groups is 2. The number of hydrogen-bond acceptors (Lipinski definition) is 10. The van der Waals surface area contributed by atoms with Crippen LogP contribution in [0.4, 0.5) is 22.2 Å². The average molecular weight is 510 g/mol. The molecule has 0 spiro atoms. The summed E-state index contributed by atoms with van der Waals surface area (Å²) < 4.78 is 0. The first-order valence-corrected chi connectivity index (χ1v) is 11.0. The Morgan fingerprint density at radius 1 is 1.08 bits per heavy atom. The maximum atomic E-state index is 11.6.